The molecule has 12 nitrogen and oxygen atoms in total. The summed E-state index contributed by atoms with van der Waals surface area (Å²) in [7, 11) is 0. The van der Waals surface area contributed by atoms with Crippen LogP contribution in [0.3, 0.4) is 0 Å². The maximum absolute atomic E-state index is 13.4. The first kappa shape index (κ1) is 65.1. The van der Waals surface area contributed by atoms with Crippen molar-refractivity contribution in [2.75, 3.05) is 26.2 Å². The zero-order chi connectivity index (χ0) is 39.0. The SMILES string of the molecule is C.C.C.CC(C)(C)OC(=O)N[C@@H](C(=O)N1CC[C@H](F)C1)[C@@H](O)c1ccc(F)cc1.CC(C)(C)OC(=O)N[C@H](C(=O)N1CC[C@H](F)C1)[C@H](O)c1ccc(F)cc1.S.S.S.S. The van der Waals surface area contributed by atoms with Gasteiger partial charge < -0.3 is 40.1 Å². The van der Waals surface area contributed by atoms with E-state index in [0.717, 1.165) is 24.3 Å². The molecule has 0 aromatic heterocycles. The summed E-state index contributed by atoms with van der Waals surface area (Å²) < 4.78 is 63.4. The summed E-state index contributed by atoms with van der Waals surface area (Å²) in [6.07, 6.45) is -6.49. The molecule has 2 aromatic rings. The lowest BCUT2D eigenvalue weighted by molar-refractivity contribution is -0.136. The Morgan fingerprint density at radius 1 is 0.610 bits per heavy atom. The van der Waals surface area contributed by atoms with Crippen molar-refractivity contribution < 1.29 is 56.4 Å². The molecule has 0 bridgehead atoms. The molecule has 2 aromatic carbocycles. The van der Waals surface area contributed by atoms with E-state index in [2.05, 4.69) is 10.6 Å². The Balaban J connectivity index is -0.000000295. The number of carbonyl (C=O) groups excluding carboxylic acids is 4. The van der Waals surface area contributed by atoms with Gasteiger partial charge in [0.2, 0.25) is 11.8 Å². The lowest BCUT2D eigenvalue weighted by atomic mass is 10.0. The van der Waals surface area contributed by atoms with Crippen LogP contribution in [-0.4, -0.2) is 106 Å². The highest BCUT2D eigenvalue weighted by atomic mass is 32.1. The van der Waals surface area contributed by atoms with Crippen molar-refractivity contribution in [3.05, 3.63) is 71.3 Å². The third-order valence-corrected chi connectivity index (χ3v) is 7.82. The number of rotatable bonds is 8. The molecule has 4 rings (SSSR count). The number of likely N-dealkylation sites (tertiary alicyclic amines) is 2. The van der Waals surface area contributed by atoms with E-state index in [4.69, 9.17) is 9.47 Å². The number of amides is 4. The second kappa shape index (κ2) is 28.5. The fourth-order valence-corrected chi connectivity index (χ4v) is 5.35. The normalized spacial score (nSPS) is 17.4. The molecular weight excluding hydrogens is 857 g/mol. The number of alkyl carbamates (subject to hydrolysis) is 2. The first-order valence-electron chi connectivity index (χ1n) is 16.9. The van der Waals surface area contributed by atoms with Gasteiger partial charge in [-0.15, -0.1) is 0 Å². The van der Waals surface area contributed by atoms with Gasteiger partial charge in [-0.05, 0) is 89.8 Å². The number of ether oxygens (including phenoxy) is 2. The molecule has 0 aliphatic carbocycles. The van der Waals surface area contributed by atoms with E-state index >= 15 is 0 Å². The Morgan fingerprint density at radius 2 is 0.881 bits per heavy atom. The minimum absolute atomic E-state index is 0. The van der Waals surface area contributed by atoms with Crippen LogP contribution in [0, 0.1) is 11.6 Å². The summed E-state index contributed by atoms with van der Waals surface area (Å²) in [4.78, 5) is 52.1. The van der Waals surface area contributed by atoms with Gasteiger partial charge >= 0.3 is 12.2 Å². The number of benzene rings is 2. The van der Waals surface area contributed by atoms with Crippen molar-refractivity contribution in [1.29, 1.82) is 0 Å². The van der Waals surface area contributed by atoms with E-state index in [1.165, 1.54) is 34.1 Å². The zero-order valence-corrected chi connectivity index (χ0v) is 36.1. The minimum atomic E-state index is -1.44. The van der Waals surface area contributed by atoms with Crippen LogP contribution in [0.5, 0.6) is 0 Å². The van der Waals surface area contributed by atoms with Crippen LogP contribution in [0.25, 0.3) is 0 Å². The lowest BCUT2D eigenvalue weighted by Crippen LogP contribution is -2.52. The van der Waals surface area contributed by atoms with Gasteiger partial charge in [-0.3, -0.25) is 9.59 Å². The van der Waals surface area contributed by atoms with Crippen LogP contribution >= 0.6 is 54.0 Å². The average Bonchev–Trinajstić information content (AvgIpc) is 3.68. The number of nitrogens with one attached hydrogen (secondary N) is 2. The number of nitrogens with zero attached hydrogens (tertiary/aromatic N) is 2. The second-order valence-electron chi connectivity index (χ2n) is 14.6. The van der Waals surface area contributed by atoms with Crippen molar-refractivity contribution in [3.8, 4) is 0 Å². The smallest absolute Gasteiger partial charge is 0.408 e. The van der Waals surface area contributed by atoms with E-state index in [9.17, 15) is 47.0 Å². The quantitative estimate of drug-likeness (QED) is 0.206. The average molecular weight is 925 g/mol. The van der Waals surface area contributed by atoms with Crippen molar-refractivity contribution in [2.45, 2.75) is 125 Å². The Labute approximate surface area is 375 Å². The predicted octanol–water partition coefficient (Wildman–Crippen LogP) is 7.01. The van der Waals surface area contributed by atoms with Gasteiger partial charge in [0.1, 0.15) is 59.5 Å². The first-order valence-corrected chi connectivity index (χ1v) is 16.9. The molecule has 2 fully saturated rings. The number of halogens is 4. The summed E-state index contributed by atoms with van der Waals surface area (Å²) >= 11 is 0. The third kappa shape index (κ3) is 21.4. The summed E-state index contributed by atoms with van der Waals surface area (Å²) in [5.74, 6) is -2.23. The van der Waals surface area contributed by atoms with Crippen LogP contribution in [0.4, 0.5) is 27.2 Å². The fourth-order valence-electron chi connectivity index (χ4n) is 5.35. The monoisotopic (exact) mass is 924 g/mol. The summed E-state index contributed by atoms with van der Waals surface area (Å²) in [5.41, 5.74) is -1.10. The van der Waals surface area contributed by atoms with Gasteiger partial charge in [0.25, 0.3) is 0 Å². The molecule has 344 valence electrons. The highest BCUT2D eigenvalue weighted by Crippen LogP contribution is 2.24. The van der Waals surface area contributed by atoms with E-state index in [1.54, 1.807) is 41.5 Å². The number of alkyl halides is 2. The highest BCUT2D eigenvalue weighted by molar-refractivity contribution is 7.59. The van der Waals surface area contributed by atoms with Crippen LogP contribution < -0.4 is 10.6 Å². The predicted molar refractivity (Wildman–Crippen MR) is 243 cm³/mol. The van der Waals surface area contributed by atoms with Crippen molar-refractivity contribution in [2.24, 2.45) is 0 Å². The Bertz CT molecular complexity index is 1430. The van der Waals surface area contributed by atoms with Gasteiger partial charge in [-0.1, -0.05) is 46.5 Å². The maximum Gasteiger partial charge on any atom is 0.408 e. The number of aliphatic hydroxyl groups excluding tert-OH is 2. The maximum atomic E-state index is 13.4. The number of hydrogen-bond donors (Lipinski definition) is 4. The molecule has 0 radical (unpaired) electrons. The number of hydrogen-bond acceptors (Lipinski definition) is 8. The van der Waals surface area contributed by atoms with Crippen LogP contribution in [-0.2, 0) is 19.1 Å². The molecule has 4 amide bonds. The molecule has 2 heterocycles. The molecule has 2 aliphatic rings. The molecule has 59 heavy (non-hydrogen) atoms. The second-order valence-corrected chi connectivity index (χ2v) is 14.6. The zero-order valence-electron chi connectivity index (χ0n) is 32.1. The molecular formula is C39H68F4N4O8S4. The molecule has 0 spiro atoms. The largest absolute Gasteiger partial charge is 0.444 e. The van der Waals surface area contributed by atoms with Crippen LogP contribution in [0.2, 0.25) is 0 Å². The van der Waals surface area contributed by atoms with Crippen molar-refractivity contribution in [3.63, 3.8) is 0 Å². The van der Waals surface area contributed by atoms with Crippen molar-refractivity contribution >= 4 is 78.0 Å². The van der Waals surface area contributed by atoms with Crippen LogP contribution in [0.15, 0.2) is 48.5 Å². The Hall–Kier alpha value is -3.04. The topological polar surface area (TPSA) is 158 Å². The number of aliphatic hydroxyl groups is 2. The molecule has 2 aliphatic heterocycles. The van der Waals surface area contributed by atoms with E-state index < -0.39 is 83.5 Å². The van der Waals surface area contributed by atoms with E-state index in [0.29, 0.717) is 0 Å². The summed E-state index contributed by atoms with van der Waals surface area (Å²) in [6.45, 7) is 10.2. The molecule has 20 heteroatoms. The Kier molecular flexibility index (Phi) is 31.4. The molecule has 2 saturated heterocycles. The van der Waals surface area contributed by atoms with Gasteiger partial charge in [-0.25, -0.2) is 27.2 Å². The molecule has 6 atom stereocenters. The van der Waals surface area contributed by atoms with Gasteiger partial charge in [0, 0.05) is 13.1 Å². The third-order valence-electron chi connectivity index (χ3n) is 7.82. The first-order chi connectivity index (χ1) is 24.1. The minimum Gasteiger partial charge on any atom is -0.444 e. The summed E-state index contributed by atoms with van der Waals surface area (Å²) in [5, 5.41) is 25.9. The van der Waals surface area contributed by atoms with Crippen LogP contribution in [0.1, 0.15) is 100.0 Å². The lowest BCUT2D eigenvalue weighted by Gasteiger charge is -2.29. The highest BCUT2D eigenvalue weighted by Gasteiger charge is 2.39. The Morgan fingerprint density at radius 3 is 1.10 bits per heavy atom. The standard InChI is InChI=1S/2C18H24F2N2O4.3CH4.4H2S/c2*1-18(2,3)26-17(25)21-14(16(24)22-9-8-13(20)10-22)15(23)11-4-6-12(19)7-5-11;;;;;;;/h2*4-7,13-15,23H,8-10H2,1-3H3,(H,21,25);3*1H4;4*1H2/t13-,14+,15-;13-,14-,15+;;;;;;;/m00......./s1. The van der Waals surface area contributed by atoms with Gasteiger partial charge in [-0.2, -0.15) is 54.0 Å². The fraction of sp³-hybridized carbons (Fsp3) is 0.590. The molecule has 0 unspecified atom stereocenters. The summed E-state index contributed by atoms with van der Waals surface area (Å²) in [6, 6.07) is 7.08. The van der Waals surface area contributed by atoms with E-state index in [1.807, 2.05) is 0 Å². The van der Waals surface area contributed by atoms with Gasteiger partial charge in [0.05, 0.1) is 13.1 Å². The number of carbonyl (C=O) groups is 4. The molecule has 4 N–H and O–H groups in total. The van der Waals surface area contributed by atoms with E-state index in [-0.39, 0.29) is 126 Å². The van der Waals surface area contributed by atoms with Crippen molar-refractivity contribution in [1.82, 2.24) is 20.4 Å². The van der Waals surface area contributed by atoms with Gasteiger partial charge in [0.15, 0.2) is 0 Å². The molecule has 0 saturated carbocycles.